The lowest BCUT2D eigenvalue weighted by Crippen LogP contribution is -2.48. The van der Waals surface area contributed by atoms with Crippen molar-refractivity contribution in [1.29, 1.82) is 0 Å². The van der Waals surface area contributed by atoms with Gasteiger partial charge in [-0.05, 0) is 37.8 Å². The molecule has 0 aliphatic heterocycles. The topological polar surface area (TPSA) is 65.1 Å². The number of hydrogen-bond donors (Lipinski definition) is 3. The van der Waals surface area contributed by atoms with E-state index in [4.69, 9.17) is 0 Å². The molecule has 0 spiro atoms. The van der Waals surface area contributed by atoms with Crippen LogP contribution in [0.1, 0.15) is 38.7 Å². The molecule has 0 fully saturated rings. The molecular formula is C17H24N2O2. The molecule has 1 aromatic carbocycles. The maximum Gasteiger partial charge on any atom is 0.220 e. The van der Waals surface area contributed by atoms with Crippen molar-refractivity contribution in [2.75, 3.05) is 6.61 Å². The van der Waals surface area contributed by atoms with Crippen LogP contribution >= 0.6 is 0 Å². The van der Waals surface area contributed by atoms with E-state index in [1.54, 1.807) is 0 Å². The largest absolute Gasteiger partial charge is 0.394 e. The number of carbonyl (C=O) groups excluding carboxylic acids is 1. The zero-order valence-electron chi connectivity index (χ0n) is 12.8. The summed E-state index contributed by atoms with van der Waals surface area (Å²) in [4.78, 5) is 15.2. The second-order valence-corrected chi connectivity index (χ2v) is 5.83. The van der Waals surface area contributed by atoms with Crippen molar-refractivity contribution < 1.29 is 9.90 Å². The van der Waals surface area contributed by atoms with Crippen molar-refractivity contribution in [1.82, 2.24) is 10.3 Å². The molecule has 0 saturated heterocycles. The fraction of sp³-hybridized carbons (Fsp3) is 0.471. The summed E-state index contributed by atoms with van der Waals surface area (Å²) >= 11 is 0. The van der Waals surface area contributed by atoms with Gasteiger partial charge in [-0.2, -0.15) is 0 Å². The second kappa shape index (κ2) is 6.76. The molecule has 0 aliphatic carbocycles. The number of H-pyrrole nitrogens is 1. The fourth-order valence-electron chi connectivity index (χ4n) is 2.42. The van der Waals surface area contributed by atoms with Gasteiger partial charge in [-0.3, -0.25) is 4.79 Å². The van der Waals surface area contributed by atoms with E-state index < -0.39 is 5.54 Å². The zero-order valence-corrected chi connectivity index (χ0v) is 12.8. The van der Waals surface area contributed by atoms with Gasteiger partial charge in [0.1, 0.15) is 0 Å². The van der Waals surface area contributed by atoms with Crippen LogP contribution in [0, 0.1) is 0 Å². The Morgan fingerprint density at radius 1 is 1.38 bits per heavy atom. The molecule has 0 saturated carbocycles. The highest BCUT2D eigenvalue weighted by Crippen LogP contribution is 2.19. The van der Waals surface area contributed by atoms with Gasteiger partial charge in [-0.25, -0.2) is 0 Å². The lowest BCUT2D eigenvalue weighted by Gasteiger charge is -2.27. The summed E-state index contributed by atoms with van der Waals surface area (Å²) in [6.45, 7) is 3.80. The number of nitrogens with one attached hydrogen (secondary N) is 2. The molecule has 0 aliphatic rings. The molecule has 1 amide bonds. The van der Waals surface area contributed by atoms with Crippen LogP contribution in [0.25, 0.3) is 10.9 Å². The molecule has 0 bridgehead atoms. The predicted molar refractivity (Wildman–Crippen MR) is 85.2 cm³/mol. The van der Waals surface area contributed by atoms with E-state index in [9.17, 15) is 9.90 Å². The highest BCUT2D eigenvalue weighted by molar-refractivity contribution is 5.83. The summed E-state index contributed by atoms with van der Waals surface area (Å²) in [5.74, 6) is 0.00763. The third kappa shape index (κ3) is 3.85. The number of aliphatic hydroxyl groups excluding tert-OH is 1. The fourth-order valence-corrected chi connectivity index (χ4v) is 2.42. The maximum atomic E-state index is 11.9. The Morgan fingerprint density at radius 3 is 2.86 bits per heavy atom. The number of amides is 1. The summed E-state index contributed by atoms with van der Waals surface area (Å²) in [6, 6.07) is 8.19. The molecule has 1 unspecified atom stereocenters. The van der Waals surface area contributed by atoms with E-state index in [1.807, 2.05) is 32.2 Å². The van der Waals surface area contributed by atoms with Crippen molar-refractivity contribution in [2.45, 2.75) is 45.1 Å². The number of aromatic amines is 1. The summed E-state index contributed by atoms with van der Waals surface area (Å²) in [5, 5.41) is 13.5. The SMILES string of the molecule is CCC(C)(CO)NC(=O)CCCc1c[nH]c2ccccc12. The van der Waals surface area contributed by atoms with E-state index >= 15 is 0 Å². The van der Waals surface area contributed by atoms with Crippen molar-refractivity contribution in [3.63, 3.8) is 0 Å². The predicted octanol–water partition coefficient (Wildman–Crippen LogP) is 2.77. The van der Waals surface area contributed by atoms with Crippen molar-refractivity contribution in [2.24, 2.45) is 0 Å². The number of aromatic nitrogens is 1. The van der Waals surface area contributed by atoms with Crippen LogP contribution in [-0.4, -0.2) is 28.1 Å². The first-order chi connectivity index (χ1) is 10.1. The number of aliphatic hydroxyl groups is 1. The van der Waals surface area contributed by atoms with E-state index in [-0.39, 0.29) is 12.5 Å². The number of para-hydroxylation sites is 1. The Labute approximate surface area is 125 Å². The number of carbonyl (C=O) groups is 1. The van der Waals surface area contributed by atoms with Crippen LogP contribution in [0.15, 0.2) is 30.5 Å². The second-order valence-electron chi connectivity index (χ2n) is 5.83. The van der Waals surface area contributed by atoms with Gasteiger partial charge in [0.15, 0.2) is 0 Å². The summed E-state index contributed by atoms with van der Waals surface area (Å²) in [7, 11) is 0. The van der Waals surface area contributed by atoms with Gasteiger partial charge in [-0.1, -0.05) is 25.1 Å². The highest BCUT2D eigenvalue weighted by atomic mass is 16.3. The van der Waals surface area contributed by atoms with Gasteiger partial charge in [0.2, 0.25) is 5.91 Å². The zero-order chi connectivity index (χ0) is 15.3. The van der Waals surface area contributed by atoms with E-state index in [1.165, 1.54) is 10.9 Å². The third-order valence-corrected chi connectivity index (χ3v) is 4.10. The lowest BCUT2D eigenvalue weighted by molar-refractivity contribution is -0.123. The van der Waals surface area contributed by atoms with Gasteiger partial charge in [0.25, 0.3) is 0 Å². The first-order valence-electron chi connectivity index (χ1n) is 7.55. The average molecular weight is 288 g/mol. The number of aryl methyl sites for hydroxylation is 1. The van der Waals surface area contributed by atoms with Crippen molar-refractivity contribution in [3.8, 4) is 0 Å². The summed E-state index contributed by atoms with van der Waals surface area (Å²) < 4.78 is 0. The molecule has 21 heavy (non-hydrogen) atoms. The van der Waals surface area contributed by atoms with Crippen LogP contribution in [0.2, 0.25) is 0 Å². The molecule has 3 N–H and O–H groups in total. The third-order valence-electron chi connectivity index (χ3n) is 4.10. The number of rotatable bonds is 7. The van der Waals surface area contributed by atoms with Gasteiger partial charge in [0.05, 0.1) is 12.1 Å². The monoisotopic (exact) mass is 288 g/mol. The molecule has 1 atom stereocenters. The standard InChI is InChI=1S/C17H24N2O2/c1-3-17(2,12-20)19-16(21)10-6-7-13-11-18-15-9-5-4-8-14(13)15/h4-5,8-9,11,18,20H,3,6-7,10,12H2,1-2H3,(H,19,21). The van der Waals surface area contributed by atoms with Gasteiger partial charge in [-0.15, -0.1) is 0 Å². The van der Waals surface area contributed by atoms with Crippen LogP contribution in [0.4, 0.5) is 0 Å². The average Bonchev–Trinajstić information content (AvgIpc) is 2.90. The van der Waals surface area contributed by atoms with Crippen LogP contribution in [0.3, 0.4) is 0 Å². The smallest absolute Gasteiger partial charge is 0.220 e. The van der Waals surface area contributed by atoms with Crippen LogP contribution in [0.5, 0.6) is 0 Å². The molecular weight excluding hydrogens is 264 g/mol. The number of fused-ring (bicyclic) bond motifs is 1. The number of benzene rings is 1. The molecule has 114 valence electrons. The quantitative estimate of drug-likeness (QED) is 0.733. The Hall–Kier alpha value is -1.81. The van der Waals surface area contributed by atoms with Crippen molar-refractivity contribution >= 4 is 16.8 Å². The van der Waals surface area contributed by atoms with Crippen molar-refractivity contribution in [3.05, 3.63) is 36.0 Å². The maximum absolute atomic E-state index is 11.9. The molecule has 0 radical (unpaired) electrons. The Morgan fingerprint density at radius 2 is 2.14 bits per heavy atom. The highest BCUT2D eigenvalue weighted by Gasteiger charge is 2.22. The Balaban J connectivity index is 1.85. The van der Waals surface area contributed by atoms with Gasteiger partial charge in [0, 0.05) is 23.5 Å². The van der Waals surface area contributed by atoms with Gasteiger partial charge >= 0.3 is 0 Å². The Bertz CT molecular complexity index is 600. The molecule has 2 rings (SSSR count). The van der Waals surface area contributed by atoms with Crippen LogP contribution < -0.4 is 5.32 Å². The Kier molecular flexibility index (Phi) is 5.02. The molecule has 1 heterocycles. The summed E-state index contributed by atoms with van der Waals surface area (Å²) in [5.41, 5.74) is 1.88. The van der Waals surface area contributed by atoms with Gasteiger partial charge < -0.3 is 15.4 Å². The van der Waals surface area contributed by atoms with E-state index in [2.05, 4.69) is 22.4 Å². The first-order valence-corrected chi connectivity index (χ1v) is 7.55. The molecule has 4 nitrogen and oxygen atoms in total. The summed E-state index contributed by atoms with van der Waals surface area (Å²) in [6.07, 6.45) is 4.90. The molecule has 4 heteroatoms. The number of hydrogen-bond acceptors (Lipinski definition) is 2. The normalized spacial score (nSPS) is 14.0. The van der Waals surface area contributed by atoms with E-state index in [0.717, 1.165) is 24.8 Å². The minimum absolute atomic E-state index is 0.00763. The van der Waals surface area contributed by atoms with E-state index in [0.29, 0.717) is 6.42 Å². The minimum atomic E-state index is -0.502. The molecule has 1 aromatic heterocycles. The minimum Gasteiger partial charge on any atom is -0.394 e. The first kappa shape index (κ1) is 15.6. The lowest BCUT2D eigenvalue weighted by atomic mass is 9.99. The molecule has 2 aromatic rings. The van der Waals surface area contributed by atoms with Crippen LogP contribution in [-0.2, 0) is 11.2 Å².